The quantitative estimate of drug-likeness (QED) is 0.154. The molecule has 6 aliphatic rings. The van der Waals surface area contributed by atoms with Crippen molar-refractivity contribution < 1.29 is 0 Å². The molecule has 0 bridgehead atoms. The van der Waals surface area contributed by atoms with Gasteiger partial charge in [0.2, 0.25) is 0 Å². The normalized spacial score (nSPS) is 15.3. The van der Waals surface area contributed by atoms with Crippen molar-refractivity contribution in [3.8, 4) is 0 Å². The summed E-state index contributed by atoms with van der Waals surface area (Å²) in [5, 5.41) is 0. The molecule has 0 atom stereocenters. The number of nitrogens with zero attached hydrogens (tertiary/aromatic N) is 5. The molecule has 0 aromatic heterocycles. The molecule has 6 aliphatic heterocycles. The van der Waals surface area contributed by atoms with Gasteiger partial charge < -0.3 is 24.5 Å². The van der Waals surface area contributed by atoms with Gasteiger partial charge >= 0.3 is 0 Å². The van der Waals surface area contributed by atoms with Gasteiger partial charge in [0.05, 0.1) is 22.7 Å². The maximum Gasteiger partial charge on any atom is 0.257 e. The minimum absolute atomic E-state index is 0.0361. The van der Waals surface area contributed by atoms with Crippen LogP contribution in [-0.2, 0) is 54.1 Å². The highest BCUT2D eigenvalue weighted by Gasteiger charge is 2.59. The molecule has 0 amide bonds. The summed E-state index contributed by atoms with van der Waals surface area (Å²) in [6.07, 6.45) is 0. The Labute approximate surface area is 685 Å². The predicted molar refractivity (Wildman–Crippen MR) is 497 cm³/mol. The summed E-state index contributed by atoms with van der Waals surface area (Å²) < 4.78 is 0. The third-order valence-electron chi connectivity index (χ3n) is 26.3. The van der Waals surface area contributed by atoms with E-state index < -0.39 is 0 Å². The second kappa shape index (κ2) is 25.0. The van der Waals surface area contributed by atoms with E-state index in [2.05, 4.69) is 426 Å². The standard InChI is InChI=1S/C107H123B2N5/c1-98(2,3)64-33-31-63(32-34-64)87-79-55-70(104(19,20)21)57-81-88(79)108-89-80(87)56-71(105(22,23)24)58-82(89)112(76-49-39-67(40-50-76)101(10,11)12)95-92(108)94(111(81)75-47-37-66(38-48-75)100(7,8)9)96-93-97(95)114(78-53-43-69(44-54-78)103(16,17)18)86-62-73(107(28,29)30)60-84-91(86)109(93)90-83(110(84)74-45-35-65(36-46-74)99(4,5)6)59-72(106(25,26)27)61-85(90)113(96)77-51-41-68(42-52-77)102(13,14)15/h31-62,87H,1-30H3. The number of hydrogen-bond donors (Lipinski definition) is 0. The van der Waals surface area contributed by atoms with Gasteiger partial charge in [-0.15, -0.1) is 0 Å². The van der Waals surface area contributed by atoms with Gasteiger partial charge in [0.15, 0.2) is 0 Å². The van der Waals surface area contributed by atoms with Crippen molar-refractivity contribution in [2.24, 2.45) is 0 Å². The van der Waals surface area contributed by atoms with Crippen LogP contribution in [0.25, 0.3) is 0 Å². The highest BCUT2D eigenvalue weighted by molar-refractivity contribution is 7.05. The third kappa shape index (κ3) is 12.2. The minimum atomic E-state index is -0.272. The second-order valence-electron chi connectivity index (χ2n) is 44.9. The van der Waals surface area contributed by atoms with Crippen LogP contribution in [0.5, 0.6) is 0 Å². The van der Waals surface area contributed by atoms with Crippen LogP contribution in [0.4, 0.5) is 85.3 Å². The largest absolute Gasteiger partial charge is 0.311 e. The smallest absolute Gasteiger partial charge is 0.257 e. The molecule has 0 unspecified atom stereocenters. The van der Waals surface area contributed by atoms with Gasteiger partial charge in [-0.1, -0.05) is 305 Å². The maximum absolute atomic E-state index is 2.84. The molecule has 0 N–H and O–H groups in total. The molecule has 0 aliphatic carbocycles. The van der Waals surface area contributed by atoms with E-state index in [1.54, 1.807) is 0 Å². The van der Waals surface area contributed by atoms with Gasteiger partial charge in [-0.2, -0.15) is 0 Å². The van der Waals surface area contributed by atoms with Gasteiger partial charge in [0.1, 0.15) is 0 Å². The molecule has 0 radical (unpaired) electrons. The summed E-state index contributed by atoms with van der Waals surface area (Å²) in [4.78, 5) is 14.0. The molecule has 5 nitrogen and oxygen atoms in total. The summed E-state index contributed by atoms with van der Waals surface area (Å²) in [5.41, 5.74) is 41.8. The van der Waals surface area contributed by atoms with Gasteiger partial charge in [-0.25, -0.2) is 0 Å². The fourth-order valence-corrected chi connectivity index (χ4v) is 19.4. The average molecular weight is 1500 g/mol. The van der Waals surface area contributed by atoms with E-state index in [9.17, 15) is 0 Å². The lowest BCUT2D eigenvalue weighted by Crippen LogP contribution is -2.69. The molecular weight excluding hydrogens is 1380 g/mol. The van der Waals surface area contributed by atoms with Crippen LogP contribution >= 0.6 is 0 Å². The van der Waals surface area contributed by atoms with Crippen molar-refractivity contribution in [2.45, 2.75) is 268 Å². The number of fused-ring (bicyclic) bond motifs is 2. The summed E-state index contributed by atoms with van der Waals surface area (Å²) in [6.45, 7) is 71.2. The first-order chi connectivity index (χ1) is 52.9. The van der Waals surface area contributed by atoms with Crippen LogP contribution in [-0.4, -0.2) is 13.4 Å². The highest BCUT2D eigenvalue weighted by Crippen LogP contribution is 2.62. The number of benzene rings is 11. The van der Waals surface area contributed by atoms with Crippen molar-refractivity contribution in [2.75, 3.05) is 24.5 Å². The molecule has 17 rings (SSSR count). The summed E-state index contributed by atoms with van der Waals surface area (Å²) >= 11 is 0. The summed E-state index contributed by atoms with van der Waals surface area (Å²) in [7, 11) is 0. The lowest BCUT2D eigenvalue weighted by molar-refractivity contribution is 0.587. The first-order valence-electron chi connectivity index (χ1n) is 42.5. The van der Waals surface area contributed by atoms with Crippen molar-refractivity contribution >= 4 is 132 Å². The molecule has 582 valence electrons. The van der Waals surface area contributed by atoms with Gasteiger partial charge in [0.25, 0.3) is 13.4 Å². The fraction of sp³-hybridized carbons (Fsp3) is 0.383. The number of hydrogen-bond acceptors (Lipinski definition) is 5. The topological polar surface area (TPSA) is 16.2 Å². The minimum Gasteiger partial charge on any atom is -0.311 e. The fourth-order valence-electron chi connectivity index (χ4n) is 19.4. The molecule has 11 aromatic carbocycles. The van der Waals surface area contributed by atoms with Gasteiger partial charge in [0, 0.05) is 68.5 Å². The Hall–Kier alpha value is -9.45. The maximum atomic E-state index is 2.84. The van der Waals surface area contributed by atoms with Crippen LogP contribution in [0.2, 0.25) is 0 Å². The zero-order chi connectivity index (χ0) is 81.9. The Morgan fingerprint density at radius 3 is 0.579 bits per heavy atom. The molecule has 0 saturated carbocycles. The Bertz CT molecular complexity index is 5090. The zero-order valence-corrected chi connectivity index (χ0v) is 74.4. The SMILES string of the molecule is CC(C)(C)c1ccc(C2c3cc(C(C)(C)C)cc4c3B3c5c2cc(C(C)(C)C)cc5N(c2ccc(C(C)(C)C)cc2)c2c3c(c3c5c2N(c2ccc(C(C)(C)C)cc2)c2cc(C(C)(C)C)cc6c2B5c2c(cc(C(C)(C)C)cc2N3c2ccc(C(C)(C)C)cc2)N6c2ccc(C(C)(C)C)cc2)N4c2ccc(C(C)(C)C)cc2)cc1. The van der Waals surface area contributed by atoms with E-state index in [-0.39, 0.29) is 73.5 Å². The number of rotatable bonds is 6. The molecule has 114 heavy (non-hydrogen) atoms. The van der Waals surface area contributed by atoms with Gasteiger partial charge in [-0.05, 0) is 256 Å². The first-order valence-corrected chi connectivity index (χ1v) is 42.5. The van der Waals surface area contributed by atoms with Crippen molar-refractivity contribution in [3.63, 3.8) is 0 Å². The predicted octanol–water partition coefficient (Wildman–Crippen LogP) is 26.1. The second-order valence-corrected chi connectivity index (χ2v) is 44.9. The Morgan fingerprint density at radius 1 is 0.184 bits per heavy atom. The van der Waals surface area contributed by atoms with Crippen LogP contribution in [0, 0.1) is 0 Å². The van der Waals surface area contributed by atoms with Crippen molar-refractivity contribution in [3.05, 3.63) is 266 Å². The molecular formula is C107H123B2N5. The van der Waals surface area contributed by atoms with E-state index in [0.29, 0.717) is 0 Å². The van der Waals surface area contributed by atoms with E-state index in [4.69, 9.17) is 0 Å². The molecule has 0 spiro atoms. The van der Waals surface area contributed by atoms with Crippen molar-refractivity contribution in [1.29, 1.82) is 0 Å². The zero-order valence-electron chi connectivity index (χ0n) is 74.4. The Morgan fingerprint density at radius 2 is 0.360 bits per heavy atom. The summed E-state index contributed by atoms with van der Waals surface area (Å²) in [6, 6.07) is 80.3. The van der Waals surface area contributed by atoms with E-state index in [0.717, 1.165) is 28.4 Å². The van der Waals surface area contributed by atoms with Crippen LogP contribution < -0.4 is 57.3 Å². The summed E-state index contributed by atoms with van der Waals surface area (Å²) in [5.74, 6) is -0.121. The lowest BCUT2D eigenvalue weighted by Gasteiger charge is -2.56. The van der Waals surface area contributed by atoms with E-state index in [1.807, 2.05) is 0 Å². The average Bonchev–Trinajstić information content (AvgIpc) is 0.645. The Kier molecular flexibility index (Phi) is 16.9. The van der Waals surface area contributed by atoms with Crippen molar-refractivity contribution in [1.82, 2.24) is 0 Å². The highest BCUT2D eigenvalue weighted by atomic mass is 15.3. The Balaban J connectivity index is 1.17. The molecule has 7 heteroatoms. The molecule has 11 aromatic rings. The monoisotopic (exact) mass is 1500 g/mol. The van der Waals surface area contributed by atoms with Gasteiger partial charge in [-0.3, -0.25) is 0 Å². The lowest BCUT2D eigenvalue weighted by atomic mass is 9.27. The molecule has 0 saturated heterocycles. The van der Waals surface area contributed by atoms with Crippen LogP contribution in [0.1, 0.15) is 286 Å². The first kappa shape index (κ1) is 77.1. The third-order valence-corrected chi connectivity index (χ3v) is 26.3. The molecule has 6 heterocycles. The molecule has 0 fully saturated rings. The van der Waals surface area contributed by atoms with Crippen LogP contribution in [0.3, 0.4) is 0 Å². The van der Waals surface area contributed by atoms with E-state index >= 15 is 0 Å². The van der Waals surface area contributed by atoms with Crippen LogP contribution in [0.15, 0.2) is 194 Å². The number of anilines is 15. The van der Waals surface area contributed by atoms with E-state index in [1.165, 1.54) is 162 Å².